The molecule has 0 bridgehead atoms. The van der Waals surface area contributed by atoms with E-state index in [9.17, 15) is 4.79 Å². The van der Waals surface area contributed by atoms with E-state index in [1.54, 1.807) is 0 Å². The van der Waals surface area contributed by atoms with E-state index < -0.39 is 6.09 Å². The van der Waals surface area contributed by atoms with Crippen molar-refractivity contribution in [1.29, 1.82) is 0 Å². The molecule has 1 unspecified atom stereocenters. The summed E-state index contributed by atoms with van der Waals surface area (Å²) in [4.78, 5) is 12.9. The van der Waals surface area contributed by atoms with Gasteiger partial charge in [0.25, 0.3) is 0 Å². The normalized spacial score (nSPS) is 20.9. The van der Waals surface area contributed by atoms with Gasteiger partial charge in [0.15, 0.2) is 0 Å². The molecule has 0 spiro atoms. The highest BCUT2D eigenvalue weighted by Gasteiger charge is 2.24. The van der Waals surface area contributed by atoms with E-state index in [0.717, 1.165) is 26.1 Å². The van der Waals surface area contributed by atoms with Gasteiger partial charge in [0.05, 0.1) is 0 Å². The maximum absolute atomic E-state index is 10.6. The van der Waals surface area contributed by atoms with Crippen molar-refractivity contribution in [3.8, 4) is 0 Å². The van der Waals surface area contributed by atoms with E-state index in [-0.39, 0.29) is 6.10 Å². The van der Waals surface area contributed by atoms with Crippen LogP contribution in [0.2, 0.25) is 0 Å². The lowest BCUT2D eigenvalue weighted by Crippen LogP contribution is -2.26. The number of hydrogen-bond acceptors (Lipinski definition) is 3. The minimum absolute atomic E-state index is 0.0405. The highest BCUT2D eigenvalue weighted by molar-refractivity contribution is 5.64. The average molecular weight is 220 g/mol. The van der Waals surface area contributed by atoms with Crippen molar-refractivity contribution in [3.63, 3.8) is 0 Å². The third kappa shape index (κ3) is 2.97. The summed E-state index contributed by atoms with van der Waals surface area (Å²) >= 11 is 0. The van der Waals surface area contributed by atoms with Gasteiger partial charge in [0, 0.05) is 19.6 Å². The molecule has 1 aromatic carbocycles. The van der Waals surface area contributed by atoms with Crippen LogP contribution in [0.3, 0.4) is 0 Å². The first-order valence-electron chi connectivity index (χ1n) is 5.46. The molecule has 86 valence electrons. The number of amides is 1. The van der Waals surface area contributed by atoms with Crippen LogP contribution in [0.25, 0.3) is 0 Å². The number of likely N-dealkylation sites (tertiary alicyclic amines) is 1. The number of rotatable bonds is 3. The first-order valence-corrected chi connectivity index (χ1v) is 5.46. The lowest BCUT2D eigenvalue weighted by atomic mass is 10.2. The lowest BCUT2D eigenvalue weighted by molar-refractivity contribution is 0.109. The van der Waals surface area contributed by atoms with Crippen LogP contribution in [-0.2, 0) is 11.3 Å². The fraction of sp³-hybridized carbons (Fsp3) is 0.417. The van der Waals surface area contributed by atoms with Gasteiger partial charge in [0.2, 0.25) is 0 Å². The second-order valence-corrected chi connectivity index (χ2v) is 4.07. The van der Waals surface area contributed by atoms with Gasteiger partial charge in [-0.25, -0.2) is 4.79 Å². The monoisotopic (exact) mass is 220 g/mol. The summed E-state index contributed by atoms with van der Waals surface area (Å²) in [5, 5.41) is 0. The molecule has 0 saturated carbocycles. The molecule has 1 aliphatic heterocycles. The summed E-state index contributed by atoms with van der Waals surface area (Å²) in [7, 11) is 0. The molecule has 4 nitrogen and oxygen atoms in total. The first kappa shape index (κ1) is 11.0. The third-order valence-electron chi connectivity index (χ3n) is 2.76. The van der Waals surface area contributed by atoms with E-state index in [1.165, 1.54) is 5.56 Å². The summed E-state index contributed by atoms with van der Waals surface area (Å²) in [6.45, 7) is 2.63. The number of ether oxygens (including phenoxy) is 1. The third-order valence-corrected chi connectivity index (χ3v) is 2.76. The number of hydrogen-bond donors (Lipinski definition) is 1. The van der Waals surface area contributed by atoms with E-state index in [1.807, 2.05) is 18.2 Å². The Morgan fingerprint density at radius 2 is 2.19 bits per heavy atom. The van der Waals surface area contributed by atoms with Crippen molar-refractivity contribution in [2.24, 2.45) is 5.73 Å². The number of nitrogens with zero attached hydrogens (tertiary/aromatic N) is 1. The molecule has 2 rings (SSSR count). The largest absolute Gasteiger partial charge is 0.445 e. The number of carbonyl (C=O) groups excluding carboxylic acids is 1. The van der Waals surface area contributed by atoms with Crippen molar-refractivity contribution in [3.05, 3.63) is 35.9 Å². The highest BCUT2D eigenvalue weighted by atomic mass is 16.6. The number of carbonyl (C=O) groups is 1. The summed E-state index contributed by atoms with van der Waals surface area (Å²) < 4.78 is 4.98. The van der Waals surface area contributed by atoms with Crippen molar-refractivity contribution in [1.82, 2.24) is 4.90 Å². The zero-order valence-electron chi connectivity index (χ0n) is 9.13. The molecule has 2 N–H and O–H groups in total. The minimum atomic E-state index is -0.674. The van der Waals surface area contributed by atoms with Gasteiger partial charge in [0.1, 0.15) is 6.10 Å². The molecular weight excluding hydrogens is 204 g/mol. The molecule has 0 radical (unpaired) electrons. The van der Waals surface area contributed by atoms with Gasteiger partial charge in [-0.05, 0) is 12.0 Å². The fourth-order valence-electron chi connectivity index (χ4n) is 2.04. The molecule has 4 heteroatoms. The molecule has 1 saturated heterocycles. The van der Waals surface area contributed by atoms with Gasteiger partial charge in [-0.1, -0.05) is 30.3 Å². The standard InChI is InChI=1S/C12H16N2O2/c13-12(15)16-11-6-7-14(9-11)8-10-4-2-1-3-5-10/h1-5,11H,6-9H2,(H2,13,15). The Morgan fingerprint density at radius 3 is 2.88 bits per heavy atom. The summed E-state index contributed by atoms with van der Waals surface area (Å²) in [5.41, 5.74) is 6.27. The molecule has 1 amide bonds. The molecule has 16 heavy (non-hydrogen) atoms. The van der Waals surface area contributed by atoms with Crippen LogP contribution in [0, 0.1) is 0 Å². The predicted octanol–water partition coefficient (Wildman–Crippen LogP) is 1.36. The molecule has 0 aliphatic carbocycles. The first-order chi connectivity index (χ1) is 7.74. The Labute approximate surface area is 95.0 Å². The van der Waals surface area contributed by atoms with Crippen LogP contribution in [0.1, 0.15) is 12.0 Å². The Balaban J connectivity index is 1.83. The van der Waals surface area contributed by atoms with Gasteiger partial charge < -0.3 is 10.5 Å². The summed E-state index contributed by atoms with van der Waals surface area (Å²) in [6, 6.07) is 10.3. The number of primary amides is 1. The van der Waals surface area contributed by atoms with E-state index >= 15 is 0 Å². The topological polar surface area (TPSA) is 55.6 Å². The van der Waals surface area contributed by atoms with Crippen molar-refractivity contribution < 1.29 is 9.53 Å². The van der Waals surface area contributed by atoms with Crippen molar-refractivity contribution in [2.45, 2.75) is 19.1 Å². The van der Waals surface area contributed by atoms with Crippen molar-refractivity contribution >= 4 is 6.09 Å². The molecule has 1 heterocycles. The van der Waals surface area contributed by atoms with Crippen LogP contribution in [0.4, 0.5) is 4.79 Å². The summed E-state index contributed by atoms with van der Waals surface area (Å²) in [5.74, 6) is 0. The van der Waals surface area contributed by atoms with Gasteiger partial charge in [-0.15, -0.1) is 0 Å². The second-order valence-electron chi connectivity index (χ2n) is 4.07. The zero-order valence-corrected chi connectivity index (χ0v) is 9.13. The Kier molecular flexibility index (Phi) is 3.41. The molecule has 1 aromatic rings. The van der Waals surface area contributed by atoms with Crippen LogP contribution in [0.5, 0.6) is 0 Å². The smallest absolute Gasteiger partial charge is 0.404 e. The molecule has 1 aliphatic rings. The number of nitrogens with two attached hydrogens (primary N) is 1. The van der Waals surface area contributed by atoms with Gasteiger partial charge in [-0.2, -0.15) is 0 Å². The minimum Gasteiger partial charge on any atom is -0.445 e. The predicted molar refractivity (Wildman–Crippen MR) is 60.8 cm³/mol. The Morgan fingerprint density at radius 1 is 1.44 bits per heavy atom. The molecular formula is C12H16N2O2. The Bertz CT molecular complexity index is 353. The molecule has 1 fully saturated rings. The quantitative estimate of drug-likeness (QED) is 0.836. The van der Waals surface area contributed by atoms with E-state index in [2.05, 4.69) is 17.0 Å². The molecule has 1 atom stereocenters. The van der Waals surface area contributed by atoms with Gasteiger partial charge >= 0.3 is 6.09 Å². The maximum atomic E-state index is 10.6. The second kappa shape index (κ2) is 4.99. The lowest BCUT2D eigenvalue weighted by Gasteiger charge is -2.15. The van der Waals surface area contributed by atoms with E-state index in [4.69, 9.17) is 10.5 Å². The maximum Gasteiger partial charge on any atom is 0.404 e. The van der Waals surface area contributed by atoms with Crippen LogP contribution >= 0.6 is 0 Å². The molecule has 0 aromatic heterocycles. The van der Waals surface area contributed by atoms with Crippen molar-refractivity contribution in [2.75, 3.05) is 13.1 Å². The van der Waals surface area contributed by atoms with Crippen LogP contribution in [-0.4, -0.2) is 30.2 Å². The van der Waals surface area contributed by atoms with E-state index in [0.29, 0.717) is 0 Å². The fourth-order valence-corrected chi connectivity index (χ4v) is 2.04. The van der Waals surface area contributed by atoms with Crippen LogP contribution < -0.4 is 5.73 Å². The SMILES string of the molecule is NC(=O)OC1CCN(Cc2ccccc2)C1. The van der Waals surface area contributed by atoms with Gasteiger partial charge in [-0.3, -0.25) is 4.90 Å². The summed E-state index contributed by atoms with van der Waals surface area (Å²) in [6.07, 6.45) is 0.156. The number of benzene rings is 1. The highest BCUT2D eigenvalue weighted by Crippen LogP contribution is 2.15. The Hall–Kier alpha value is -1.55. The van der Waals surface area contributed by atoms with Crippen LogP contribution in [0.15, 0.2) is 30.3 Å². The zero-order chi connectivity index (χ0) is 11.4. The average Bonchev–Trinajstić information content (AvgIpc) is 2.66.